The fourth-order valence-electron chi connectivity index (χ4n) is 3.25. The molecule has 0 aromatic heterocycles. The first kappa shape index (κ1) is 19.6. The summed E-state index contributed by atoms with van der Waals surface area (Å²) in [6, 6.07) is 13.9. The normalized spacial score (nSPS) is 17.2. The summed E-state index contributed by atoms with van der Waals surface area (Å²) < 4.78 is 28.7. The quantitative estimate of drug-likeness (QED) is 0.803. The van der Waals surface area contributed by atoms with Crippen molar-refractivity contribution in [2.24, 2.45) is 0 Å². The van der Waals surface area contributed by atoms with Gasteiger partial charge < -0.3 is 15.0 Å². The minimum Gasteiger partial charge on any atom is -0.435 e. The molecule has 2 aromatic rings. The summed E-state index contributed by atoms with van der Waals surface area (Å²) in [5.74, 6) is 0.178. The fourth-order valence-corrected chi connectivity index (χ4v) is 3.45. The van der Waals surface area contributed by atoms with E-state index in [-0.39, 0.29) is 17.7 Å². The molecule has 7 heteroatoms. The number of rotatable bonds is 6. The minimum atomic E-state index is -2.84. The summed E-state index contributed by atoms with van der Waals surface area (Å²) in [6.07, 6.45) is 0.895. The molecule has 1 aliphatic heterocycles. The van der Waals surface area contributed by atoms with Gasteiger partial charge in [-0.25, -0.2) is 0 Å². The maximum Gasteiger partial charge on any atom is 0.387 e. The van der Waals surface area contributed by atoms with Crippen molar-refractivity contribution in [2.75, 3.05) is 19.6 Å². The Balaban J connectivity index is 1.62. The first-order valence-corrected chi connectivity index (χ1v) is 9.20. The van der Waals surface area contributed by atoms with E-state index in [0.717, 1.165) is 17.7 Å². The van der Waals surface area contributed by atoms with Crippen molar-refractivity contribution in [1.82, 2.24) is 10.2 Å². The number of ether oxygens (including phenoxy) is 1. The number of benzene rings is 2. The molecule has 0 saturated carbocycles. The largest absolute Gasteiger partial charge is 0.435 e. The van der Waals surface area contributed by atoms with E-state index in [2.05, 4.69) is 10.1 Å². The SMILES string of the molecule is O=C(CCc1ccc(OC(F)F)cc1)N1CCNCC1c1cccc(Cl)c1. The number of hydrogen-bond acceptors (Lipinski definition) is 3. The molecule has 27 heavy (non-hydrogen) atoms. The van der Waals surface area contributed by atoms with Crippen molar-refractivity contribution in [3.8, 4) is 5.75 Å². The molecule has 0 spiro atoms. The lowest BCUT2D eigenvalue weighted by molar-refractivity contribution is -0.134. The summed E-state index contributed by atoms with van der Waals surface area (Å²) >= 11 is 6.10. The number of nitrogens with one attached hydrogen (secondary N) is 1. The van der Waals surface area contributed by atoms with Crippen molar-refractivity contribution in [3.63, 3.8) is 0 Å². The molecule has 1 fully saturated rings. The van der Waals surface area contributed by atoms with E-state index in [0.29, 0.717) is 31.0 Å². The van der Waals surface area contributed by atoms with Crippen LogP contribution in [0, 0.1) is 0 Å². The van der Waals surface area contributed by atoms with Crippen molar-refractivity contribution in [3.05, 3.63) is 64.7 Å². The van der Waals surface area contributed by atoms with Gasteiger partial charge in [0.25, 0.3) is 0 Å². The van der Waals surface area contributed by atoms with Crippen LogP contribution in [0.4, 0.5) is 8.78 Å². The molecular weight excluding hydrogens is 374 g/mol. The van der Waals surface area contributed by atoms with Gasteiger partial charge >= 0.3 is 6.61 Å². The maximum absolute atomic E-state index is 12.8. The Morgan fingerprint density at radius 2 is 2.04 bits per heavy atom. The highest BCUT2D eigenvalue weighted by Crippen LogP contribution is 2.25. The third kappa shape index (κ3) is 5.40. The molecule has 1 amide bonds. The summed E-state index contributed by atoms with van der Waals surface area (Å²) in [4.78, 5) is 14.7. The topological polar surface area (TPSA) is 41.6 Å². The molecule has 1 saturated heterocycles. The Morgan fingerprint density at radius 1 is 1.26 bits per heavy atom. The number of alkyl halides is 2. The zero-order valence-electron chi connectivity index (χ0n) is 14.7. The lowest BCUT2D eigenvalue weighted by Crippen LogP contribution is -2.48. The first-order chi connectivity index (χ1) is 13.0. The zero-order valence-corrected chi connectivity index (χ0v) is 15.5. The molecule has 4 nitrogen and oxygen atoms in total. The average Bonchev–Trinajstić information content (AvgIpc) is 2.67. The molecule has 1 N–H and O–H groups in total. The standard InChI is InChI=1S/C20H21ClF2N2O2/c21-16-3-1-2-15(12-16)18-13-24-10-11-25(18)19(26)9-6-14-4-7-17(8-5-14)27-20(22)23/h1-5,7-8,12,18,20,24H,6,9-11,13H2. The number of aryl methyl sites for hydroxylation is 1. The Labute approximate surface area is 162 Å². The number of amides is 1. The van der Waals surface area contributed by atoms with E-state index in [9.17, 15) is 13.6 Å². The van der Waals surface area contributed by atoms with E-state index >= 15 is 0 Å². The van der Waals surface area contributed by atoms with Crippen LogP contribution in [-0.4, -0.2) is 37.1 Å². The second-order valence-corrected chi connectivity index (χ2v) is 6.82. The van der Waals surface area contributed by atoms with E-state index in [4.69, 9.17) is 11.6 Å². The van der Waals surface area contributed by atoms with Gasteiger partial charge in [-0.05, 0) is 41.8 Å². The Morgan fingerprint density at radius 3 is 2.74 bits per heavy atom. The highest BCUT2D eigenvalue weighted by atomic mass is 35.5. The van der Waals surface area contributed by atoms with Crippen molar-refractivity contribution in [2.45, 2.75) is 25.5 Å². The Kier molecular flexibility index (Phi) is 6.63. The van der Waals surface area contributed by atoms with Crippen LogP contribution in [0.25, 0.3) is 0 Å². The van der Waals surface area contributed by atoms with Gasteiger partial charge in [0.05, 0.1) is 6.04 Å². The van der Waals surface area contributed by atoms with Gasteiger partial charge in [0.15, 0.2) is 0 Å². The molecule has 0 bridgehead atoms. The number of nitrogens with zero attached hydrogens (tertiary/aromatic N) is 1. The lowest BCUT2D eigenvalue weighted by Gasteiger charge is -2.36. The molecule has 0 aliphatic carbocycles. The van der Waals surface area contributed by atoms with E-state index in [1.54, 1.807) is 12.1 Å². The second kappa shape index (κ2) is 9.15. The molecule has 2 aromatic carbocycles. The predicted molar refractivity (Wildman–Crippen MR) is 100 cm³/mol. The lowest BCUT2D eigenvalue weighted by atomic mass is 10.0. The van der Waals surface area contributed by atoms with Gasteiger partial charge in [0.1, 0.15) is 5.75 Å². The highest BCUT2D eigenvalue weighted by molar-refractivity contribution is 6.30. The van der Waals surface area contributed by atoms with Crippen LogP contribution in [0.15, 0.2) is 48.5 Å². The number of carbonyl (C=O) groups is 1. The van der Waals surface area contributed by atoms with Crippen LogP contribution in [-0.2, 0) is 11.2 Å². The summed E-state index contributed by atoms with van der Waals surface area (Å²) in [6.45, 7) is -0.764. The van der Waals surface area contributed by atoms with Crippen molar-refractivity contribution in [1.29, 1.82) is 0 Å². The van der Waals surface area contributed by atoms with Crippen LogP contribution in [0.2, 0.25) is 5.02 Å². The van der Waals surface area contributed by atoms with Crippen LogP contribution in [0.5, 0.6) is 5.75 Å². The van der Waals surface area contributed by atoms with Gasteiger partial charge in [-0.15, -0.1) is 0 Å². The number of carbonyl (C=O) groups excluding carboxylic acids is 1. The predicted octanol–water partition coefficient (Wildman–Crippen LogP) is 4.05. The fraction of sp³-hybridized carbons (Fsp3) is 0.350. The molecule has 1 atom stereocenters. The van der Waals surface area contributed by atoms with Crippen LogP contribution < -0.4 is 10.1 Å². The molecule has 1 unspecified atom stereocenters. The van der Waals surface area contributed by atoms with E-state index in [1.165, 1.54) is 12.1 Å². The van der Waals surface area contributed by atoms with Gasteiger partial charge in [-0.1, -0.05) is 35.9 Å². The number of halogens is 3. The first-order valence-electron chi connectivity index (χ1n) is 8.82. The second-order valence-electron chi connectivity index (χ2n) is 6.38. The Hall–Kier alpha value is -2.18. The maximum atomic E-state index is 12.8. The Bertz CT molecular complexity index is 771. The van der Waals surface area contributed by atoms with Crippen molar-refractivity contribution >= 4 is 17.5 Å². The smallest absolute Gasteiger partial charge is 0.387 e. The van der Waals surface area contributed by atoms with Gasteiger partial charge in [0.2, 0.25) is 5.91 Å². The van der Waals surface area contributed by atoms with Gasteiger partial charge in [0, 0.05) is 31.1 Å². The molecule has 1 heterocycles. The molecule has 0 radical (unpaired) electrons. The van der Waals surface area contributed by atoms with Crippen LogP contribution in [0.3, 0.4) is 0 Å². The molecule has 1 aliphatic rings. The minimum absolute atomic E-state index is 0.0493. The summed E-state index contributed by atoms with van der Waals surface area (Å²) in [7, 11) is 0. The monoisotopic (exact) mass is 394 g/mol. The number of hydrogen-bond donors (Lipinski definition) is 1. The van der Waals surface area contributed by atoms with Gasteiger partial charge in [-0.2, -0.15) is 8.78 Å². The van der Waals surface area contributed by atoms with Crippen molar-refractivity contribution < 1.29 is 18.3 Å². The summed E-state index contributed by atoms with van der Waals surface area (Å²) in [5.41, 5.74) is 1.91. The van der Waals surface area contributed by atoms with Gasteiger partial charge in [-0.3, -0.25) is 4.79 Å². The molecular formula is C20H21ClF2N2O2. The third-order valence-corrected chi connectivity index (χ3v) is 4.81. The number of piperazine rings is 1. The highest BCUT2D eigenvalue weighted by Gasteiger charge is 2.27. The average molecular weight is 395 g/mol. The van der Waals surface area contributed by atoms with E-state index < -0.39 is 6.61 Å². The third-order valence-electron chi connectivity index (χ3n) is 4.57. The molecule has 3 rings (SSSR count). The summed E-state index contributed by atoms with van der Waals surface area (Å²) in [5, 5.41) is 3.97. The molecule has 144 valence electrons. The van der Waals surface area contributed by atoms with Crippen LogP contribution in [0.1, 0.15) is 23.6 Å². The van der Waals surface area contributed by atoms with E-state index in [1.807, 2.05) is 29.2 Å². The zero-order chi connectivity index (χ0) is 19.2. The van der Waals surface area contributed by atoms with Crippen LogP contribution >= 0.6 is 11.6 Å².